The molecule has 0 amide bonds. The molecule has 0 nitrogen and oxygen atoms in total. The molecule has 60 valence electrons. The first-order valence-corrected chi connectivity index (χ1v) is 6.19. The minimum Gasteiger partial charge on any atom is -0.345 e. The first-order chi connectivity index (χ1) is 3.46. The zero-order valence-corrected chi connectivity index (χ0v) is 12.8. The summed E-state index contributed by atoms with van der Waals surface area (Å²) in [6.07, 6.45) is 0. The normalized spacial score (nSPS) is 7.20. The van der Waals surface area contributed by atoms with Gasteiger partial charge in [0, 0.05) is 0 Å². The number of rotatable bonds is 0. The first-order valence-electron chi connectivity index (χ1n) is 3.06. The second-order valence-corrected chi connectivity index (χ2v) is 5.68. The molecule has 0 radical (unpaired) electrons. The zero-order valence-electron chi connectivity index (χ0n) is 7.90. The van der Waals surface area contributed by atoms with Gasteiger partial charge in [-0.3, -0.25) is 0 Å². The van der Waals surface area contributed by atoms with E-state index in [1.165, 1.54) is 5.92 Å². The molecule has 0 saturated carbocycles. The Hall–Kier alpha value is 1.71. The van der Waals surface area contributed by atoms with Crippen molar-refractivity contribution in [1.82, 2.24) is 0 Å². The first kappa shape index (κ1) is 22.6. The van der Waals surface area contributed by atoms with Gasteiger partial charge in [-0.15, -0.1) is 32.8 Å². The average Bonchev–Trinajstić information content (AvgIpc) is 1.25. The molecule has 0 unspecified atom stereocenters. The van der Waals surface area contributed by atoms with E-state index in [1.807, 2.05) is 0 Å². The van der Waals surface area contributed by atoms with Gasteiger partial charge in [-0.1, -0.05) is 13.1 Å². The topological polar surface area (TPSA) is 0 Å². The largest absolute Gasteiger partial charge is 2.00 e. The van der Waals surface area contributed by atoms with Crippen LogP contribution >= 0.6 is 24.0 Å². The van der Waals surface area contributed by atoms with Gasteiger partial charge in [0.15, 0.2) is 0 Å². The van der Waals surface area contributed by atoms with Gasteiger partial charge in [0.25, 0.3) is 0 Å². The van der Waals surface area contributed by atoms with Crippen molar-refractivity contribution < 1.29 is 0 Å². The van der Waals surface area contributed by atoms with Crippen LogP contribution in [0.3, 0.4) is 0 Å². The Morgan fingerprint density at radius 1 is 1.10 bits per heavy atom. The van der Waals surface area contributed by atoms with Gasteiger partial charge in [0.1, 0.15) is 0 Å². The third-order valence-corrected chi connectivity index (χ3v) is 0. The van der Waals surface area contributed by atoms with Gasteiger partial charge in [-0.05, 0) is 0 Å². The van der Waals surface area contributed by atoms with Crippen LogP contribution in [0.4, 0.5) is 0 Å². The van der Waals surface area contributed by atoms with Crippen molar-refractivity contribution in [2.45, 2.75) is 33.9 Å². The molecule has 10 heavy (non-hydrogen) atoms. The molecule has 0 bridgehead atoms. The van der Waals surface area contributed by atoms with Crippen molar-refractivity contribution >= 4 is 55.8 Å². The molecular weight excluding hydrogens is 263 g/mol. The van der Waals surface area contributed by atoms with E-state index in [0.29, 0.717) is 0 Å². The molecule has 0 rings (SSSR count). The minimum absolute atomic E-state index is 0. The summed E-state index contributed by atoms with van der Waals surface area (Å²) in [7, 11) is -0.389. The summed E-state index contributed by atoms with van der Waals surface area (Å²) in [6.45, 7) is 14.4. The monoisotopic (exact) mass is 282 g/mol. The Kier molecular flexibility index (Phi) is 38.4. The van der Waals surface area contributed by atoms with E-state index in [9.17, 15) is 0 Å². The maximum Gasteiger partial charge on any atom is 2.00 e. The Bertz CT molecular complexity index is 29.1. The molecule has 0 aromatic heterocycles. The molecule has 0 fully saturated rings. The molecule has 0 aliphatic carbocycles. The fraction of sp³-hybridized carbons (Fsp3) is 0.714. The summed E-state index contributed by atoms with van der Waals surface area (Å²) >= 11 is 0. The van der Waals surface area contributed by atoms with E-state index in [1.54, 1.807) is 0 Å². The number of halogens is 1. The van der Waals surface area contributed by atoms with Gasteiger partial charge in [-0.2, -0.15) is 20.8 Å². The van der Waals surface area contributed by atoms with Gasteiger partial charge < -0.3 is 12.5 Å². The zero-order chi connectivity index (χ0) is 7.15. The molecule has 0 aliphatic rings. The summed E-state index contributed by atoms with van der Waals surface area (Å²) in [5.41, 5.74) is 0. The maximum atomic E-state index is 3.78. The summed E-state index contributed by atoms with van der Waals surface area (Å²) in [4.78, 5) is 0. The molecule has 0 saturated heterocycles. The van der Waals surface area contributed by atoms with Gasteiger partial charge in [0.05, 0.1) is 0 Å². The van der Waals surface area contributed by atoms with Crippen LogP contribution in [-0.2, 0) is 0 Å². The van der Waals surface area contributed by atoms with E-state index >= 15 is 0 Å². The van der Waals surface area contributed by atoms with E-state index in [0.717, 1.165) is 0 Å². The maximum absolute atomic E-state index is 3.78. The smallest absolute Gasteiger partial charge is 0.345 e. The van der Waals surface area contributed by atoms with Crippen LogP contribution in [0.15, 0.2) is 0 Å². The third kappa shape index (κ3) is 251. The van der Waals surface area contributed by atoms with E-state index in [4.69, 9.17) is 0 Å². The molecule has 0 spiro atoms. The summed E-state index contributed by atoms with van der Waals surface area (Å²) < 4.78 is 0. The molecule has 0 aliphatic heterocycles. The molecular formula is C7H19IMgSi. The average molecular weight is 283 g/mol. The number of hydrogen-bond acceptors (Lipinski definition) is 0. The van der Waals surface area contributed by atoms with Gasteiger partial charge >= 0.3 is 23.1 Å². The van der Waals surface area contributed by atoms with Gasteiger partial charge in [0.2, 0.25) is 0 Å². The second kappa shape index (κ2) is 17.0. The number of hydrogen-bond donors (Lipinski definition) is 0. The molecule has 0 N–H and O–H groups in total. The van der Waals surface area contributed by atoms with Crippen molar-refractivity contribution in [3.63, 3.8) is 0 Å². The van der Waals surface area contributed by atoms with Crippen LogP contribution < -0.4 is 0 Å². The second-order valence-electron chi connectivity index (χ2n) is 2.89. The summed E-state index contributed by atoms with van der Waals surface area (Å²) in [5, 5.41) is 0. The van der Waals surface area contributed by atoms with Crippen LogP contribution in [0.1, 0.15) is 20.8 Å². The summed E-state index contributed by atoms with van der Waals surface area (Å²) in [5.74, 6) is 1.42. The van der Waals surface area contributed by atoms with Crippen molar-refractivity contribution in [2.75, 3.05) is 0 Å². The Labute approximate surface area is 101 Å². The van der Waals surface area contributed by atoms with Crippen molar-refractivity contribution in [3.05, 3.63) is 12.5 Å². The predicted molar refractivity (Wildman–Crippen MR) is 65.7 cm³/mol. The molecule has 3 heteroatoms. The van der Waals surface area contributed by atoms with Crippen molar-refractivity contribution in [1.29, 1.82) is 0 Å². The van der Waals surface area contributed by atoms with Crippen LogP contribution in [0, 0.1) is 12.5 Å². The Balaban J connectivity index is -0.0000000300. The van der Waals surface area contributed by atoms with Crippen LogP contribution in [0.25, 0.3) is 0 Å². The molecule has 0 heterocycles. The standard InChI is InChI=1S/C4H9.C3H9Si.HI.Mg/c2*1-4(2)3;;/h1-3H3;4H,1H2,2-3H3;1H;/q2*-1;;+2. The van der Waals surface area contributed by atoms with Crippen molar-refractivity contribution in [3.8, 4) is 0 Å². The quantitative estimate of drug-likeness (QED) is 0.364. The molecule has 0 atom stereocenters. The minimum atomic E-state index is -0.389. The Morgan fingerprint density at radius 2 is 1.10 bits per heavy atom. The van der Waals surface area contributed by atoms with Crippen LogP contribution in [0.5, 0.6) is 0 Å². The SMILES string of the molecule is C[C-](C)C.I.[CH2-][SiH](C)C.[Mg+2]. The van der Waals surface area contributed by atoms with Crippen LogP contribution in [0.2, 0.25) is 13.1 Å². The molecule has 0 aromatic carbocycles. The van der Waals surface area contributed by atoms with E-state index in [2.05, 4.69) is 40.4 Å². The van der Waals surface area contributed by atoms with Crippen LogP contribution in [-0.4, -0.2) is 31.8 Å². The Morgan fingerprint density at radius 3 is 1.10 bits per heavy atom. The van der Waals surface area contributed by atoms with Gasteiger partial charge in [-0.25, -0.2) is 0 Å². The van der Waals surface area contributed by atoms with E-state index in [-0.39, 0.29) is 55.8 Å². The third-order valence-electron chi connectivity index (χ3n) is 0. The van der Waals surface area contributed by atoms with E-state index < -0.39 is 0 Å². The summed E-state index contributed by atoms with van der Waals surface area (Å²) in [6, 6.07) is 0. The van der Waals surface area contributed by atoms with Crippen molar-refractivity contribution in [2.24, 2.45) is 0 Å². The molecule has 0 aromatic rings. The predicted octanol–water partition coefficient (Wildman–Crippen LogP) is 2.70. The fourth-order valence-electron chi connectivity index (χ4n) is 0. The fourth-order valence-corrected chi connectivity index (χ4v) is 0.